The third kappa shape index (κ3) is 2.39. The quantitative estimate of drug-likeness (QED) is 0.939. The second-order valence-electron chi connectivity index (χ2n) is 6.54. The molecule has 2 aromatic rings. The topological polar surface area (TPSA) is 51.5 Å². The number of hydrogen-bond donors (Lipinski definition) is 1. The average Bonchev–Trinajstić information content (AvgIpc) is 3.03. The van der Waals surface area contributed by atoms with Gasteiger partial charge in [0.05, 0.1) is 17.8 Å². The molecular weight excluding hydrogens is 264 g/mol. The molecule has 2 aliphatic rings. The number of nitrogens with zero attached hydrogens (tertiary/aromatic N) is 3. The van der Waals surface area contributed by atoms with Gasteiger partial charge in [0.1, 0.15) is 5.52 Å². The zero-order chi connectivity index (χ0) is 14.4. The predicted molar refractivity (Wildman–Crippen MR) is 81.6 cm³/mol. The van der Waals surface area contributed by atoms with Crippen molar-refractivity contribution in [1.82, 2.24) is 14.6 Å². The summed E-state index contributed by atoms with van der Waals surface area (Å²) in [5.41, 5.74) is 2.16. The molecule has 0 bridgehead atoms. The van der Waals surface area contributed by atoms with Gasteiger partial charge >= 0.3 is 0 Å². The molecule has 5 heteroatoms. The standard InChI is InChI=1S/C16H22N4O/c1-10(2)13-9-14-16(17-6-7-20(14)19-13)18-12-5-8-21-15(12)11-3-4-11/h6-7,9-12,15H,3-5,8H2,1-2H3,(H,17,18). The first-order chi connectivity index (χ1) is 10.2. The lowest BCUT2D eigenvalue weighted by molar-refractivity contribution is 0.0898. The number of aromatic nitrogens is 3. The molecule has 2 unspecified atom stereocenters. The number of ether oxygens (including phenoxy) is 1. The van der Waals surface area contributed by atoms with Crippen molar-refractivity contribution in [3.8, 4) is 0 Å². The second kappa shape index (κ2) is 4.98. The SMILES string of the molecule is CC(C)c1cc2c(NC3CCOC3C3CC3)nccn2n1. The van der Waals surface area contributed by atoms with E-state index in [2.05, 4.69) is 35.3 Å². The van der Waals surface area contributed by atoms with Gasteiger partial charge in [0.25, 0.3) is 0 Å². The summed E-state index contributed by atoms with van der Waals surface area (Å²) in [6.45, 7) is 5.19. The van der Waals surface area contributed by atoms with E-state index in [4.69, 9.17) is 4.74 Å². The highest BCUT2D eigenvalue weighted by molar-refractivity contribution is 5.68. The van der Waals surface area contributed by atoms with Gasteiger partial charge in [-0.15, -0.1) is 0 Å². The Morgan fingerprint density at radius 3 is 2.95 bits per heavy atom. The van der Waals surface area contributed by atoms with Crippen LogP contribution in [0.2, 0.25) is 0 Å². The van der Waals surface area contributed by atoms with Crippen LogP contribution in [-0.4, -0.2) is 33.4 Å². The maximum atomic E-state index is 5.90. The smallest absolute Gasteiger partial charge is 0.152 e. The number of anilines is 1. The van der Waals surface area contributed by atoms with Crippen LogP contribution in [0, 0.1) is 5.92 Å². The van der Waals surface area contributed by atoms with Crippen LogP contribution in [0.25, 0.3) is 5.52 Å². The van der Waals surface area contributed by atoms with E-state index in [0.29, 0.717) is 18.1 Å². The molecule has 0 aromatic carbocycles. The lowest BCUT2D eigenvalue weighted by Crippen LogP contribution is -2.31. The molecule has 0 amide bonds. The largest absolute Gasteiger partial charge is 0.376 e. The average molecular weight is 286 g/mol. The minimum atomic E-state index is 0.361. The third-order valence-electron chi connectivity index (χ3n) is 4.54. The van der Waals surface area contributed by atoms with Crippen molar-refractivity contribution in [2.24, 2.45) is 5.92 Å². The number of nitrogens with one attached hydrogen (secondary N) is 1. The third-order valence-corrected chi connectivity index (χ3v) is 4.54. The summed E-state index contributed by atoms with van der Waals surface area (Å²) < 4.78 is 7.83. The van der Waals surface area contributed by atoms with Gasteiger partial charge in [-0.3, -0.25) is 0 Å². The van der Waals surface area contributed by atoms with Gasteiger partial charge in [0.2, 0.25) is 0 Å². The fraction of sp³-hybridized carbons (Fsp3) is 0.625. The van der Waals surface area contributed by atoms with Gasteiger partial charge in [-0.25, -0.2) is 9.50 Å². The first-order valence-electron chi connectivity index (χ1n) is 7.95. The highest BCUT2D eigenvalue weighted by Crippen LogP contribution is 2.39. The molecule has 1 aliphatic carbocycles. The second-order valence-corrected chi connectivity index (χ2v) is 6.54. The molecule has 4 rings (SSSR count). The van der Waals surface area contributed by atoms with Crippen molar-refractivity contribution in [1.29, 1.82) is 0 Å². The van der Waals surface area contributed by atoms with Gasteiger partial charge < -0.3 is 10.1 Å². The number of rotatable bonds is 4. The molecule has 3 heterocycles. The summed E-state index contributed by atoms with van der Waals surface area (Å²) >= 11 is 0. The van der Waals surface area contributed by atoms with E-state index in [1.54, 1.807) is 0 Å². The molecule has 1 saturated heterocycles. The van der Waals surface area contributed by atoms with E-state index in [9.17, 15) is 0 Å². The van der Waals surface area contributed by atoms with Crippen molar-refractivity contribution in [3.63, 3.8) is 0 Å². The van der Waals surface area contributed by atoms with Crippen LogP contribution in [0.3, 0.4) is 0 Å². The molecule has 2 aromatic heterocycles. The lowest BCUT2D eigenvalue weighted by atomic mass is 10.1. The monoisotopic (exact) mass is 286 g/mol. The van der Waals surface area contributed by atoms with Crippen molar-refractivity contribution in [2.75, 3.05) is 11.9 Å². The lowest BCUT2D eigenvalue weighted by Gasteiger charge is -2.20. The van der Waals surface area contributed by atoms with Crippen molar-refractivity contribution in [3.05, 3.63) is 24.2 Å². The molecule has 112 valence electrons. The van der Waals surface area contributed by atoms with E-state index in [1.807, 2.05) is 16.9 Å². The fourth-order valence-electron chi connectivity index (χ4n) is 3.17. The summed E-state index contributed by atoms with van der Waals surface area (Å²) in [5, 5.41) is 8.23. The Morgan fingerprint density at radius 1 is 1.33 bits per heavy atom. The Morgan fingerprint density at radius 2 is 2.19 bits per heavy atom. The molecule has 21 heavy (non-hydrogen) atoms. The van der Waals surface area contributed by atoms with E-state index in [0.717, 1.165) is 36.0 Å². The van der Waals surface area contributed by atoms with Gasteiger partial charge in [0.15, 0.2) is 5.82 Å². The minimum absolute atomic E-state index is 0.361. The van der Waals surface area contributed by atoms with Crippen LogP contribution in [-0.2, 0) is 4.74 Å². The Balaban J connectivity index is 1.63. The Bertz CT molecular complexity index is 647. The zero-order valence-electron chi connectivity index (χ0n) is 12.6. The fourth-order valence-corrected chi connectivity index (χ4v) is 3.17. The van der Waals surface area contributed by atoms with E-state index in [-0.39, 0.29) is 0 Å². The van der Waals surface area contributed by atoms with Crippen molar-refractivity contribution in [2.45, 2.75) is 51.2 Å². The molecule has 0 spiro atoms. The zero-order valence-corrected chi connectivity index (χ0v) is 12.6. The molecule has 5 nitrogen and oxygen atoms in total. The minimum Gasteiger partial charge on any atom is -0.376 e. The predicted octanol–water partition coefficient (Wildman–Crippen LogP) is 2.83. The van der Waals surface area contributed by atoms with Gasteiger partial charge in [-0.1, -0.05) is 13.8 Å². The molecule has 1 saturated carbocycles. The normalized spacial score (nSPS) is 25.9. The van der Waals surface area contributed by atoms with Gasteiger partial charge in [0, 0.05) is 19.0 Å². The Kier molecular flexibility index (Phi) is 3.10. The van der Waals surface area contributed by atoms with E-state index in [1.165, 1.54) is 12.8 Å². The summed E-state index contributed by atoms with van der Waals surface area (Å²) in [4.78, 5) is 4.53. The van der Waals surface area contributed by atoms with Gasteiger partial charge in [-0.2, -0.15) is 5.10 Å². The van der Waals surface area contributed by atoms with Crippen molar-refractivity contribution < 1.29 is 4.74 Å². The summed E-state index contributed by atoms with van der Waals surface area (Å²) in [7, 11) is 0. The van der Waals surface area contributed by atoms with Crippen LogP contribution >= 0.6 is 0 Å². The highest BCUT2D eigenvalue weighted by Gasteiger charge is 2.40. The van der Waals surface area contributed by atoms with E-state index < -0.39 is 0 Å². The molecule has 2 atom stereocenters. The summed E-state index contributed by atoms with van der Waals surface area (Å²) in [6, 6.07) is 2.52. The van der Waals surface area contributed by atoms with Crippen LogP contribution in [0.15, 0.2) is 18.5 Å². The van der Waals surface area contributed by atoms with Gasteiger partial charge in [-0.05, 0) is 37.2 Å². The van der Waals surface area contributed by atoms with Crippen LogP contribution in [0.4, 0.5) is 5.82 Å². The van der Waals surface area contributed by atoms with Crippen LogP contribution in [0.5, 0.6) is 0 Å². The number of fused-ring (bicyclic) bond motifs is 1. The first-order valence-corrected chi connectivity index (χ1v) is 7.95. The Labute approximate surface area is 124 Å². The van der Waals surface area contributed by atoms with Crippen LogP contribution in [0.1, 0.15) is 44.7 Å². The molecule has 2 fully saturated rings. The van der Waals surface area contributed by atoms with E-state index >= 15 is 0 Å². The first kappa shape index (κ1) is 13.1. The maximum absolute atomic E-state index is 5.90. The number of hydrogen-bond acceptors (Lipinski definition) is 4. The molecule has 1 N–H and O–H groups in total. The molecular formula is C16H22N4O. The highest BCUT2D eigenvalue weighted by atomic mass is 16.5. The Hall–Kier alpha value is -1.62. The molecule has 0 radical (unpaired) electrons. The van der Waals surface area contributed by atoms with Crippen molar-refractivity contribution >= 4 is 11.3 Å². The van der Waals surface area contributed by atoms with Crippen LogP contribution < -0.4 is 5.32 Å². The molecule has 1 aliphatic heterocycles. The summed E-state index contributed by atoms with van der Waals surface area (Å²) in [5.74, 6) is 2.10. The summed E-state index contributed by atoms with van der Waals surface area (Å²) in [6.07, 6.45) is 7.77. The maximum Gasteiger partial charge on any atom is 0.152 e.